The topological polar surface area (TPSA) is 42.7 Å². The lowest BCUT2D eigenvalue weighted by molar-refractivity contribution is 0.890. The monoisotopic (exact) mass is 342 g/mol. The van der Waals surface area contributed by atoms with E-state index in [2.05, 4.69) is 95.4 Å². The number of rotatable bonds is 4. The summed E-state index contributed by atoms with van der Waals surface area (Å²) in [6, 6.07) is 19.1. The van der Waals surface area contributed by atoms with Crippen LogP contribution >= 0.6 is 0 Å². The minimum absolute atomic E-state index is 0.290. The Balaban J connectivity index is 2.05. The molecule has 0 aliphatic rings. The molecule has 0 saturated heterocycles. The van der Waals surface area contributed by atoms with E-state index < -0.39 is 0 Å². The van der Waals surface area contributed by atoms with Crippen molar-refractivity contribution in [1.82, 2.24) is 14.5 Å². The predicted molar refractivity (Wildman–Crippen MR) is 108 cm³/mol. The van der Waals surface area contributed by atoms with Crippen molar-refractivity contribution in [3.63, 3.8) is 0 Å². The molecule has 0 aliphatic heterocycles. The van der Waals surface area contributed by atoms with Crippen molar-refractivity contribution in [2.45, 2.75) is 26.8 Å². The molecule has 130 valence electrons. The average molecular weight is 342 g/mol. The van der Waals surface area contributed by atoms with E-state index in [0.29, 0.717) is 6.04 Å². The number of hydrogen-bond acceptors (Lipinski definition) is 3. The van der Waals surface area contributed by atoms with Crippen molar-refractivity contribution in [3.8, 4) is 16.8 Å². The zero-order valence-electron chi connectivity index (χ0n) is 15.3. The Bertz CT molecular complexity index is 1050. The quantitative estimate of drug-likeness (QED) is 0.553. The Morgan fingerprint density at radius 3 is 2.38 bits per heavy atom. The highest BCUT2D eigenvalue weighted by molar-refractivity contribution is 6.02. The molecular weight excluding hydrogens is 320 g/mol. The third kappa shape index (κ3) is 2.84. The molecule has 0 radical (unpaired) electrons. The molecule has 0 atom stereocenters. The van der Waals surface area contributed by atoms with Crippen molar-refractivity contribution >= 4 is 16.9 Å². The van der Waals surface area contributed by atoms with Gasteiger partial charge in [0.2, 0.25) is 0 Å². The van der Waals surface area contributed by atoms with Gasteiger partial charge in [-0.25, -0.2) is 9.97 Å². The lowest BCUT2D eigenvalue weighted by Crippen LogP contribution is -2.11. The standard InChI is InChI=1S/C22H22N4/c1-15(2)25-21-20-18(17-10-5-4-6-11-17)13-26(22(20)24-14-23-21)19-12-8-7-9-16(19)3/h4-15H,1-3H3,(H,23,24,25). The van der Waals surface area contributed by atoms with E-state index >= 15 is 0 Å². The van der Waals surface area contributed by atoms with E-state index in [1.807, 2.05) is 6.07 Å². The van der Waals surface area contributed by atoms with Crippen LogP contribution in [0.25, 0.3) is 27.8 Å². The average Bonchev–Trinajstić information content (AvgIpc) is 3.03. The number of anilines is 1. The highest BCUT2D eigenvalue weighted by Crippen LogP contribution is 2.35. The van der Waals surface area contributed by atoms with E-state index in [-0.39, 0.29) is 0 Å². The predicted octanol–water partition coefficient (Wildman–Crippen LogP) is 5.22. The van der Waals surface area contributed by atoms with Gasteiger partial charge >= 0.3 is 0 Å². The number of para-hydroxylation sites is 1. The number of benzene rings is 2. The molecule has 0 bridgehead atoms. The Hall–Kier alpha value is -3.14. The van der Waals surface area contributed by atoms with Crippen molar-refractivity contribution in [3.05, 3.63) is 72.7 Å². The first-order valence-electron chi connectivity index (χ1n) is 8.89. The lowest BCUT2D eigenvalue weighted by Gasteiger charge is -2.11. The van der Waals surface area contributed by atoms with Gasteiger partial charge in [-0.1, -0.05) is 48.5 Å². The van der Waals surface area contributed by atoms with Crippen molar-refractivity contribution in [1.29, 1.82) is 0 Å². The fourth-order valence-electron chi connectivity index (χ4n) is 3.30. The summed E-state index contributed by atoms with van der Waals surface area (Å²) < 4.78 is 2.17. The van der Waals surface area contributed by atoms with Crippen LogP contribution < -0.4 is 5.32 Å². The van der Waals surface area contributed by atoms with Crippen LogP contribution in [0.15, 0.2) is 67.1 Å². The number of aromatic nitrogens is 3. The molecular formula is C22H22N4. The number of fused-ring (bicyclic) bond motifs is 1. The summed E-state index contributed by atoms with van der Waals surface area (Å²) in [4.78, 5) is 9.15. The van der Waals surface area contributed by atoms with Gasteiger partial charge in [0.05, 0.1) is 5.39 Å². The Morgan fingerprint density at radius 2 is 1.65 bits per heavy atom. The zero-order chi connectivity index (χ0) is 18.1. The van der Waals surface area contributed by atoms with E-state index in [4.69, 9.17) is 0 Å². The third-order valence-corrected chi connectivity index (χ3v) is 4.47. The molecule has 4 nitrogen and oxygen atoms in total. The second-order valence-corrected chi connectivity index (χ2v) is 6.79. The number of nitrogens with one attached hydrogen (secondary N) is 1. The first-order chi connectivity index (χ1) is 12.6. The van der Waals surface area contributed by atoms with E-state index in [0.717, 1.165) is 33.7 Å². The summed E-state index contributed by atoms with van der Waals surface area (Å²) in [6.07, 6.45) is 3.80. The van der Waals surface area contributed by atoms with Gasteiger partial charge in [0, 0.05) is 23.5 Å². The highest BCUT2D eigenvalue weighted by atomic mass is 15.1. The van der Waals surface area contributed by atoms with Gasteiger partial charge in [-0.3, -0.25) is 0 Å². The Labute approximate surface area is 153 Å². The van der Waals surface area contributed by atoms with Gasteiger partial charge in [-0.05, 0) is 38.0 Å². The molecule has 4 heteroatoms. The van der Waals surface area contributed by atoms with Gasteiger partial charge in [0.1, 0.15) is 12.1 Å². The van der Waals surface area contributed by atoms with Gasteiger partial charge in [-0.15, -0.1) is 0 Å². The van der Waals surface area contributed by atoms with Crippen LogP contribution in [0.1, 0.15) is 19.4 Å². The second kappa shape index (κ2) is 6.64. The van der Waals surface area contributed by atoms with Gasteiger partial charge in [-0.2, -0.15) is 0 Å². The van der Waals surface area contributed by atoms with Crippen LogP contribution in [-0.4, -0.2) is 20.6 Å². The number of hydrogen-bond donors (Lipinski definition) is 1. The third-order valence-electron chi connectivity index (χ3n) is 4.47. The van der Waals surface area contributed by atoms with Gasteiger partial charge in [0.15, 0.2) is 5.65 Å². The molecule has 2 aromatic heterocycles. The van der Waals surface area contributed by atoms with Crippen LogP contribution in [0.4, 0.5) is 5.82 Å². The maximum atomic E-state index is 4.62. The molecule has 4 rings (SSSR count). The minimum atomic E-state index is 0.290. The van der Waals surface area contributed by atoms with Crippen LogP contribution in [0.5, 0.6) is 0 Å². The smallest absolute Gasteiger partial charge is 0.150 e. The molecule has 0 fully saturated rings. The Kier molecular flexibility index (Phi) is 4.17. The second-order valence-electron chi connectivity index (χ2n) is 6.79. The SMILES string of the molecule is Cc1ccccc1-n1cc(-c2ccccc2)c2c(NC(C)C)ncnc21. The summed E-state index contributed by atoms with van der Waals surface area (Å²) in [5, 5.41) is 4.52. The van der Waals surface area contributed by atoms with Gasteiger partial charge in [0.25, 0.3) is 0 Å². The van der Waals surface area contributed by atoms with Crippen LogP contribution in [0, 0.1) is 6.92 Å². The zero-order valence-corrected chi connectivity index (χ0v) is 15.3. The number of nitrogens with zero attached hydrogens (tertiary/aromatic N) is 3. The molecule has 0 aliphatic carbocycles. The van der Waals surface area contributed by atoms with E-state index in [1.54, 1.807) is 6.33 Å². The first kappa shape index (κ1) is 16.3. The van der Waals surface area contributed by atoms with Crippen LogP contribution in [-0.2, 0) is 0 Å². The molecule has 26 heavy (non-hydrogen) atoms. The van der Waals surface area contributed by atoms with Gasteiger partial charge < -0.3 is 9.88 Å². The summed E-state index contributed by atoms with van der Waals surface area (Å²) in [5.41, 5.74) is 5.55. The molecule has 0 saturated carbocycles. The molecule has 0 unspecified atom stereocenters. The fourth-order valence-corrected chi connectivity index (χ4v) is 3.30. The van der Waals surface area contributed by atoms with E-state index in [9.17, 15) is 0 Å². The number of aryl methyl sites for hydroxylation is 1. The molecule has 4 aromatic rings. The maximum absolute atomic E-state index is 4.62. The normalized spacial score (nSPS) is 11.2. The van der Waals surface area contributed by atoms with E-state index in [1.165, 1.54) is 5.56 Å². The summed E-state index contributed by atoms with van der Waals surface area (Å²) in [7, 11) is 0. The van der Waals surface area contributed by atoms with Crippen molar-refractivity contribution < 1.29 is 0 Å². The van der Waals surface area contributed by atoms with Crippen molar-refractivity contribution in [2.24, 2.45) is 0 Å². The molecule has 0 spiro atoms. The fraction of sp³-hybridized carbons (Fsp3) is 0.182. The Morgan fingerprint density at radius 1 is 0.923 bits per heavy atom. The van der Waals surface area contributed by atoms with Crippen molar-refractivity contribution in [2.75, 3.05) is 5.32 Å². The minimum Gasteiger partial charge on any atom is -0.367 e. The highest BCUT2D eigenvalue weighted by Gasteiger charge is 2.18. The summed E-state index contributed by atoms with van der Waals surface area (Å²) in [6.45, 7) is 6.36. The maximum Gasteiger partial charge on any atom is 0.150 e. The summed E-state index contributed by atoms with van der Waals surface area (Å²) >= 11 is 0. The van der Waals surface area contributed by atoms with Crippen LogP contribution in [0.3, 0.4) is 0 Å². The molecule has 2 aromatic carbocycles. The van der Waals surface area contributed by atoms with Crippen LogP contribution in [0.2, 0.25) is 0 Å². The molecule has 0 amide bonds. The summed E-state index contributed by atoms with van der Waals surface area (Å²) in [5.74, 6) is 0.871. The first-order valence-corrected chi connectivity index (χ1v) is 8.89. The lowest BCUT2D eigenvalue weighted by atomic mass is 10.1. The largest absolute Gasteiger partial charge is 0.367 e. The molecule has 2 heterocycles. The molecule has 1 N–H and O–H groups in total.